The molecule has 6 heteroatoms. The van der Waals surface area contributed by atoms with Crippen LogP contribution in [0.1, 0.15) is 0 Å². The number of nitrogens with one attached hydrogen (secondary N) is 1. The van der Waals surface area contributed by atoms with Crippen molar-refractivity contribution in [1.29, 1.82) is 0 Å². The summed E-state index contributed by atoms with van der Waals surface area (Å²) in [5.41, 5.74) is 0.707. The molecular weight excluding hydrogens is 282 g/mol. The maximum atomic E-state index is 12.1. The molecular formula is C16H17N3O3. The van der Waals surface area contributed by atoms with E-state index in [9.17, 15) is 4.79 Å². The van der Waals surface area contributed by atoms with Crippen LogP contribution in [-0.4, -0.2) is 42.2 Å². The zero-order valence-corrected chi connectivity index (χ0v) is 12.2. The van der Waals surface area contributed by atoms with Crippen LogP contribution in [0.5, 0.6) is 11.6 Å². The van der Waals surface area contributed by atoms with Crippen LogP contribution in [0.15, 0.2) is 48.7 Å². The third-order valence-corrected chi connectivity index (χ3v) is 3.38. The zero-order chi connectivity index (χ0) is 15.4. The Morgan fingerprint density at radius 2 is 2.14 bits per heavy atom. The van der Waals surface area contributed by atoms with Crippen molar-refractivity contribution >= 4 is 11.7 Å². The number of likely N-dealkylation sites (tertiary alicyclic amines) is 1. The average molecular weight is 299 g/mol. The van der Waals surface area contributed by atoms with Gasteiger partial charge in [0.1, 0.15) is 11.9 Å². The first-order valence-electron chi connectivity index (χ1n) is 7.02. The summed E-state index contributed by atoms with van der Waals surface area (Å²) in [4.78, 5) is 17.9. The van der Waals surface area contributed by atoms with Crippen LogP contribution in [0.4, 0.5) is 10.5 Å². The molecule has 2 aromatic rings. The fraction of sp³-hybridized carbons (Fsp3) is 0.250. The van der Waals surface area contributed by atoms with Gasteiger partial charge in [-0.1, -0.05) is 12.1 Å². The summed E-state index contributed by atoms with van der Waals surface area (Å²) in [5.74, 6) is 1.29. The van der Waals surface area contributed by atoms with E-state index in [-0.39, 0.29) is 12.1 Å². The Hall–Kier alpha value is -2.76. The van der Waals surface area contributed by atoms with E-state index < -0.39 is 0 Å². The van der Waals surface area contributed by atoms with E-state index in [1.165, 1.54) is 0 Å². The summed E-state index contributed by atoms with van der Waals surface area (Å²) >= 11 is 0. The number of aromatic nitrogens is 1. The van der Waals surface area contributed by atoms with Gasteiger partial charge < -0.3 is 19.7 Å². The van der Waals surface area contributed by atoms with Gasteiger partial charge in [-0.05, 0) is 18.2 Å². The fourth-order valence-electron chi connectivity index (χ4n) is 2.17. The number of benzene rings is 1. The summed E-state index contributed by atoms with van der Waals surface area (Å²) in [6.07, 6.45) is 1.67. The van der Waals surface area contributed by atoms with Crippen molar-refractivity contribution in [3.63, 3.8) is 0 Å². The van der Waals surface area contributed by atoms with Crippen LogP contribution in [0.2, 0.25) is 0 Å². The lowest BCUT2D eigenvalue weighted by Gasteiger charge is -2.38. The number of carbonyl (C=O) groups excluding carboxylic acids is 1. The minimum absolute atomic E-state index is 0.00837. The van der Waals surface area contributed by atoms with E-state index in [2.05, 4.69) is 10.3 Å². The first-order chi connectivity index (χ1) is 10.7. The minimum Gasteiger partial charge on any atom is -0.497 e. The number of amides is 2. The van der Waals surface area contributed by atoms with Gasteiger partial charge in [-0.3, -0.25) is 0 Å². The van der Waals surface area contributed by atoms with Gasteiger partial charge in [0, 0.05) is 24.0 Å². The summed E-state index contributed by atoms with van der Waals surface area (Å²) in [6, 6.07) is 12.6. The van der Waals surface area contributed by atoms with Crippen molar-refractivity contribution in [3.8, 4) is 11.6 Å². The molecule has 1 aliphatic heterocycles. The maximum Gasteiger partial charge on any atom is 0.322 e. The van der Waals surface area contributed by atoms with E-state index in [0.29, 0.717) is 30.4 Å². The Kier molecular flexibility index (Phi) is 4.09. The number of ether oxygens (including phenoxy) is 2. The van der Waals surface area contributed by atoms with E-state index >= 15 is 0 Å². The molecule has 1 aliphatic rings. The monoisotopic (exact) mass is 299 g/mol. The molecule has 22 heavy (non-hydrogen) atoms. The lowest BCUT2D eigenvalue weighted by atomic mass is 10.2. The molecule has 3 rings (SSSR count). The SMILES string of the molecule is COc1cccc(NC(=O)N2CC(Oc3ccccn3)C2)c1. The van der Waals surface area contributed by atoms with Gasteiger partial charge in [0.15, 0.2) is 0 Å². The molecule has 0 saturated carbocycles. The van der Waals surface area contributed by atoms with Gasteiger partial charge in [0.2, 0.25) is 5.88 Å². The third-order valence-electron chi connectivity index (χ3n) is 3.38. The lowest BCUT2D eigenvalue weighted by molar-refractivity contribution is 0.0461. The molecule has 0 bridgehead atoms. The van der Waals surface area contributed by atoms with Gasteiger partial charge >= 0.3 is 6.03 Å². The molecule has 1 saturated heterocycles. The fourth-order valence-corrected chi connectivity index (χ4v) is 2.17. The Bertz CT molecular complexity index is 642. The summed E-state index contributed by atoms with van der Waals surface area (Å²) in [7, 11) is 1.59. The average Bonchev–Trinajstić information content (AvgIpc) is 2.51. The molecule has 1 fully saturated rings. The van der Waals surface area contributed by atoms with E-state index in [1.807, 2.05) is 30.3 Å². The van der Waals surface area contributed by atoms with Crippen molar-refractivity contribution in [2.75, 3.05) is 25.5 Å². The quantitative estimate of drug-likeness (QED) is 0.941. The summed E-state index contributed by atoms with van der Waals surface area (Å²) in [6.45, 7) is 1.10. The molecule has 0 aliphatic carbocycles. The van der Waals surface area contributed by atoms with E-state index in [0.717, 1.165) is 0 Å². The predicted octanol–water partition coefficient (Wildman–Crippen LogP) is 2.39. The number of rotatable bonds is 4. The maximum absolute atomic E-state index is 12.1. The van der Waals surface area contributed by atoms with Crippen molar-refractivity contribution in [2.45, 2.75) is 6.10 Å². The zero-order valence-electron chi connectivity index (χ0n) is 12.2. The van der Waals surface area contributed by atoms with Crippen LogP contribution >= 0.6 is 0 Å². The van der Waals surface area contributed by atoms with Crippen molar-refractivity contribution < 1.29 is 14.3 Å². The Morgan fingerprint density at radius 3 is 2.86 bits per heavy atom. The first-order valence-corrected chi connectivity index (χ1v) is 7.02. The van der Waals surface area contributed by atoms with Crippen LogP contribution in [0, 0.1) is 0 Å². The molecule has 0 spiro atoms. The summed E-state index contributed by atoms with van der Waals surface area (Å²) < 4.78 is 10.8. The smallest absolute Gasteiger partial charge is 0.322 e. The molecule has 0 radical (unpaired) electrons. The van der Waals surface area contributed by atoms with Crippen LogP contribution in [0.25, 0.3) is 0 Å². The predicted molar refractivity (Wildman–Crippen MR) is 82.2 cm³/mol. The highest BCUT2D eigenvalue weighted by Gasteiger charge is 2.32. The van der Waals surface area contributed by atoms with Crippen molar-refractivity contribution in [2.24, 2.45) is 0 Å². The number of carbonyl (C=O) groups is 1. The van der Waals surface area contributed by atoms with Gasteiger partial charge in [-0.15, -0.1) is 0 Å². The minimum atomic E-state index is -0.144. The van der Waals surface area contributed by atoms with Crippen LogP contribution < -0.4 is 14.8 Å². The van der Waals surface area contributed by atoms with Crippen molar-refractivity contribution in [3.05, 3.63) is 48.7 Å². The number of hydrogen-bond donors (Lipinski definition) is 1. The highest BCUT2D eigenvalue weighted by atomic mass is 16.5. The Labute approximate surface area is 128 Å². The standard InChI is InChI=1S/C16H17N3O3/c1-21-13-6-4-5-12(9-13)18-16(20)19-10-14(11-19)22-15-7-2-3-8-17-15/h2-9,14H,10-11H2,1H3,(H,18,20). The van der Waals surface area contributed by atoms with Gasteiger partial charge in [0.05, 0.1) is 20.2 Å². The van der Waals surface area contributed by atoms with E-state index in [4.69, 9.17) is 9.47 Å². The van der Waals surface area contributed by atoms with Gasteiger partial charge in [-0.2, -0.15) is 0 Å². The van der Waals surface area contributed by atoms with Gasteiger partial charge in [0.25, 0.3) is 0 Å². The van der Waals surface area contributed by atoms with E-state index in [1.54, 1.807) is 30.3 Å². The number of pyridine rings is 1. The second-order valence-corrected chi connectivity index (χ2v) is 4.97. The summed E-state index contributed by atoms with van der Waals surface area (Å²) in [5, 5.41) is 2.84. The van der Waals surface area contributed by atoms with Crippen LogP contribution in [0.3, 0.4) is 0 Å². The lowest BCUT2D eigenvalue weighted by Crippen LogP contribution is -2.57. The largest absolute Gasteiger partial charge is 0.497 e. The molecule has 114 valence electrons. The Morgan fingerprint density at radius 1 is 1.27 bits per heavy atom. The van der Waals surface area contributed by atoms with Gasteiger partial charge in [-0.25, -0.2) is 9.78 Å². The molecule has 6 nitrogen and oxygen atoms in total. The molecule has 1 N–H and O–H groups in total. The highest BCUT2D eigenvalue weighted by Crippen LogP contribution is 2.20. The number of nitrogens with zero attached hydrogens (tertiary/aromatic N) is 2. The van der Waals surface area contributed by atoms with Crippen LogP contribution in [-0.2, 0) is 0 Å². The molecule has 2 amide bonds. The second-order valence-electron chi connectivity index (χ2n) is 4.97. The number of methoxy groups -OCH3 is 1. The third kappa shape index (κ3) is 3.28. The normalized spacial score (nSPS) is 14.1. The molecule has 0 atom stereocenters. The molecule has 1 aromatic heterocycles. The second kappa shape index (κ2) is 6.34. The number of hydrogen-bond acceptors (Lipinski definition) is 4. The molecule has 1 aromatic carbocycles. The molecule has 0 unspecified atom stereocenters. The Balaban J connectivity index is 1.49. The highest BCUT2D eigenvalue weighted by molar-refractivity contribution is 5.90. The topological polar surface area (TPSA) is 63.7 Å². The molecule has 2 heterocycles. The van der Waals surface area contributed by atoms with Crippen molar-refractivity contribution in [1.82, 2.24) is 9.88 Å². The number of urea groups is 1. The first kappa shape index (κ1) is 14.2. The number of anilines is 1.